The van der Waals surface area contributed by atoms with Crippen LogP contribution in [0.5, 0.6) is 11.5 Å². The van der Waals surface area contributed by atoms with Gasteiger partial charge < -0.3 is 14.8 Å². The lowest BCUT2D eigenvalue weighted by molar-refractivity contribution is -0.117. The lowest BCUT2D eigenvalue weighted by Gasteiger charge is -2.22. The maximum atomic E-state index is 12.4. The third kappa shape index (κ3) is 5.73. The Hall–Kier alpha value is -2.62. The van der Waals surface area contributed by atoms with Gasteiger partial charge in [0.15, 0.2) is 11.5 Å². The largest absolute Gasteiger partial charge is 0.490 e. The van der Waals surface area contributed by atoms with Crippen LogP contribution in [-0.2, 0) is 4.79 Å². The molecule has 1 aromatic rings. The number of alkyl halides is 2. The zero-order valence-electron chi connectivity index (χ0n) is 14.6. The van der Waals surface area contributed by atoms with E-state index in [4.69, 9.17) is 4.74 Å². The highest BCUT2D eigenvalue weighted by atomic mass is 19.3. The first kappa shape index (κ1) is 19.7. The molecule has 1 aromatic carbocycles. The van der Waals surface area contributed by atoms with Crippen LogP contribution in [0.4, 0.5) is 8.78 Å². The number of benzene rings is 1. The highest BCUT2D eigenvalue weighted by molar-refractivity contribution is 6.01. The molecular weight excluding hydrogens is 342 g/mol. The molecule has 1 N–H and O–H groups in total. The summed E-state index contributed by atoms with van der Waals surface area (Å²) in [5.41, 5.74) is 0.450. The second-order valence-corrected chi connectivity index (χ2v) is 6.00. The highest BCUT2D eigenvalue weighted by Gasteiger charge is 2.18. The Kier molecular flexibility index (Phi) is 7.39. The standard InChI is InChI=1S/C19H22F2N2O3/c1-2-25-17-11-13(8-9-16(17)26-19(20)21)10-14(12-22)18(24)23-15-6-4-3-5-7-15/h8-11,15,19H,2-7H2,1H3,(H,23,24)/b14-10+. The summed E-state index contributed by atoms with van der Waals surface area (Å²) >= 11 is 0. The van der Waals surface area contributed by atoms with Crippen LogP contribution in [0, 0.1) is 11.3 Å². The number of hydrogen-bond acceptors (Lipinski definition) is 4. The lowest BCUT2D eigenvalue weighted by atomic mass is 9.95. The topological polar surface area (TPSA) is 71.3 Å². The summed E-state index contributed by atoms with van der Waals surface area (Å²) in [4.78, 5) is 12.3. The van der Waals surface area contributed by atoms with Crippen LogP contribution in [0.1, 0.15) is 44.6 Å². The molecule has 5 nitrogen and oxygen atoms in total. The Bertz CT molecular complexity index is 693. The Labute approximate surface area is 151 Å². The van der Waals surface area contributed by atoms with Gasteiger partial charge in [0.1, 0.15) is 11.6 Å². The Morgan fingerprint density at radius 1 is 1.35 bits per heavy atom. The van der Waals surface area contributed by atoms with Gasteiger partial charge in [-0.25, -0.2) is 0 Å². The van der Waals surface area contributed by atoms with Crippen LogP contribution in [0.15, 0.2) is 23.8 Å². The van der Waals surface area contributed by atoms with Gasteiger partial charge in [0.25, 0.3) is 5.91 Å². The van der Waals surface area contributed by atoms with Crippen molar-refractivity contribution in [3.05, 3.63) is 29.3 Å². The van der Waals surface area contributed by atoms with Crippen LogP contribution < -0.4 is 14.8 Å². The molecule has 1 aliphatic rings. The SMILES string of the molecule is CCOc1cc(/C=C(\C#N)C(=O)NC2CCCCC2)ccc1OC(F)F. The lowest BCUT2D eigenvalue weighted by Crippen LogP contribution is -2.36. The zero-order valence-corrected chi connectivity index (χ0v) is 14.6. The molecule has 0 heterocycles. The van der Waals surface area contributed by atoms with E-state index >= 15 is 0 Å². The van der Waals surface area contributed by atoms with E-state index in [0.29, 0.717) is 5.56 Å². The number of halogens is 2. The first-order chi connectivity index (χ1) is 12.5. The van der Waals surface area contributed by atoms with Crippen LogP contribution >= 0.6 is 0 Å². The highest BCUT2D eigenvalue weighted by Crippen LogP contribution is 2.30. The number of ether oxygens (including phenoxy) is 2. The van der Waals surface area contributed by atoms with E-state index in [1.807, 2.05) is 6.07 Å². The van der Waals surface area contributed by atoms with Crippen LogP contribution in [-0.4, -0.2) is 25.2 Å². The molecule has 7 heteroatoms. The van der Waals surface area contributed by atoms with Crippen molar-refractivity contribution in [2.24, 2.45) is 0 Å². The fraction of sp³-hybridized carbons (Fsp3) is 0.474. The minimum atomic E-state index is -2.97. The number of rotatable bonds is 7. The normalized spacial score (nSPS) is 15.4. The van der Waals surface area contributed by atoms with Gasteiger partial charge in [-0.15, -0.1) is 0 Å². The molecule has 140 valence electrons. The minimum absolute atomic E-state index is 0.0412. The van der Waals surface area contributed by atoms with E-state index in [-0.39, 0.29) is 29.7 Å². The molecule has 0 aliphatic heterocycles. The molecule has 1 saturated carbocycles. The van der Waals surface area contributed by atoms with Crippen LogP contribution in [0.2, 0.25) is 0 Å². The van der Waals surface area contributed by atoms with E-state index in [2.05, 4.69) is 10.1 Å². The first-order valence-corrected chi connectivity index (χ1v) is 8.67. The van der Waals surface area contributed by atoms with E-state index < -0.39 is 12.5 Å². The summed E-state index contributed by atoms with van der Waals surface area (Å²) in [6.45, 7) is -0.987. The van der Waals surface area contributed by atoms with Gasteiger partial charge >= 0.3 is 6.61 Å². The smallest absolute Gasteiger partial charge is 0.387 e. The Morgan fingerprint density at radius 2 is 2.08 bits per heavy atom. The van der Waals surface area contributed by atoms with E-state index in [1.165, 1.54) is 30.7 Å². The maximum absolute atomic E-state index is 12.4. The molecule has 0 aromatic heterocycles. The number of carbonyl (C=O) groups is 1. The number of nitrogens with one attached hydrogen (secondary N) is 1. The molecule has 0 unspecified atom stereocenters. The van der Waals surface area contributed by atoms with Crippen molar-refractivity contribution in [3.63, 3.8) is 0 Å². The van der Waals surface area contributed by atoms with Gasteiger partial charge in [0.05, 0.1) is 6.61 Å². The van der Waals surface area contributed by atoms with E-state index in [9.17, 15) is 18.8 Å². The molecule has 0 saturated heterocycles. The van der Waals surface area contributed by atoms with Crippen molar-refractivity contribution in [1.29, 1.82) is 5.26 Å². The third-order valence-corrected chi connectivity index (χ3v) is 4.10. The number of carbonyl (C=O) groups excluding carboxylic acids is 1. The minimum Gasteiger partial charge on any atom is -0.490 e. The average molecular weight is 364 g/mol. The summed E-state index contributed by atoms with van der Waals surface area (Å²) in [5.74, 6) is -0.388. The number of nitrogens with zero attached hydrogens (tertiary/aromatic N) is 1. The van der Waals surface area contributed by atoms with Gasteiger partial charge in [-0.3, -0.25) is 4.79 Å². The van der Waals surface area contributed by atoms with E-state index in [0.717, 1.165) is 25.7 Å². The fourth-order valence-corrected chi connectivity index (χ4v) is 2.90. The molecule has 26 heavy (non-hydrogen) atoms. The van der Waals surface area contributed by atoms with Crippen molar-refractivity contribution in [2.45, 2.75) is 51.7 Å². The molecule has 1 amide bonds. The molecule has 0 atom stereocenters. The van der Waals surface area contributed by atoms with Gasteiger partial charge in [-0.2, -0.15) is 14.0 Å². The third-order valence-electron chi connectivity index (χ3n) is 4.10. The van der Waals surface area contributed by atoms with Crippen molar-refractivity contribution in [3.8, 4) is 17.6 Å². The van der Waals surface area contributed by atoms with Crippen molar-refractivity contribution >= 4 is 12.0 Å². The molecule has 0 bridgehead atoms. The second-order valence-electron chi connectivity index (χ2n) is 6.00. The molecular formula is C19H22F2N2O3. The number of nitriles is 1. The quantitative estimate of drug-likeness (QED) is 0.585. The fourth-order valence-electron chi connectivity index (χ4n) is 2.90. The summed E-state index contributed by atoms with van der Waals surface area (Å²) in [5, 5.41) is 12.2. The second kappa shape index (κ2) is 9.76. The summed E-state index contributed by atoms with van der Waals surface area (Å²) in [7, 11) is 0. The Balaban J connectivity index is 2.17. The molecule has 0 spiro atoms. The molecule has 1 fully saturated rings. The van der Waals surface area contributed by atoms with Gasteiger partial charge in [0, 0.05) is 6.04 Å². The van der Waals surface area contributed by atoms with Crippen LogP contribution in [0.25, 0.3) is 6.08 Å². The first-order valence-electron chi connectivity index (χ1n) is 8.67. The number of hydrogen-bond donors (Lipinski definition) is 1. The summed E-state index contributed by atoms with van der Waals surface area (Å²) in [6.07, 6.45) is 6.55. The molecule has 2 rings (SSSR count). The summed E-state index contributed by atoms with van der Waals surface area (Å²) in [6, 6.07) is 6.27. The maximum Gasteiger partial charge on any atom is 0.387 e. The number of amides is 1. The summed E-state index contributed by atoms with van der Waals surface area (Å²) < 4.78 is 34.6. The van der Waals surface area contributed by atoms with Crippen molar-refractivity contribution in [2.75, 3.05) is 6.61 Å². The average Bonchev–Trinajstić information content (AvgIpc) is 2.62. The molecule has 0 radical (unpaired) electrons. The van der Waals surface area contributed by atoms with Gasteiger partial charge in [-0.05, 0) is 43.5 Å². The van der Waals surface area contributed by atoms with Gasteiger partial charge in [0.2, 0.25) is 0 Å². The van der Waals surface area contributed by atoms with Crippen molar-refractivity contribution in [1.82, 2.24) is 5.32 Å². The van der Waals surface area contributed by atoms with Gasteiger partial charge in [-0.1, -0.05) is 25.3 Å². The zero-order chi connectivity index (χ0) is 18.9. The van der Waals surface area contributed by atoms with E-state index in [1.54, 1.807) is 6.92 Å². The Morgan fingerprint density at radius 3 is 2.69 bits per heavy atom. The predicted molar refractivity (Wildman–Crippen MR) is 92.8 cm³/mol. The predicted octanol–water partition coefficient (Wildman–Crippen LogP) is 4.04. The molecule has 1 aliphatic carbocycles. The van der Waals surface area contributed by atoms with Crippen molar-refractivity contribution < 1.29 is 23.0 Å². The monoisotopic (exact) mass is 364 g/mol. The van der Waals surface area contributed by atoms with Crippen LogP contribution in [0.3, 0.4) is 0 Å².